The molecule has 0 spiro atoms. The summed E-state index contributed by atoms with van der Waals surface area (Å²) in [5.41, 5.74) is 9.32. The van der Waals surface area contributed by atoms with E-state index in [1.807, 2.05) is 24.5 Å². The first-order valence-corrected chi connectivity index (χ1v) is 15.1. The molecule has 45 heavy (non-hydrogen) atoms. The predicted octanol–water partition coefficient (Wildman–Crippen LogP) is 7.61. The van der Waals surface area contributed by atoms with Gasteiger partial charge in [0, 0.05) is 45.4 Å². The SMILES string of the molecule is c1ccc(-n2c3cc(-c4ccc(C5=NCCO5)nc4)ccc3c3ccc4cc(-c5ccc(C6=NCCO6)nc5)ccc4c32)cc1. The Morgan fingerprint density at radius 2 is 1.13 bits per heavy atom. The van der Waals surface area contributed by atoms with Crippen LogP contribution in [-0.4, -0.2) is 52.6 Å². The van der Waals surface area contributed by atoms with Crippen molar-refractivity contribution >= 4 is 44.4 Å². The third-order valence-corrected chi connectivity index (χ3v) is 8.56. The van der Waals surface area contributed by atoms with Gasteiger partial charge in [0.2, 0.25) is 11.8 Å². The third kappa shape index (κ3) is 4.35. The molecule has 5 heterocycles. The molecule has 0 atom stereocenters. The lowest BCUT2D eigenvalue weighted by atomic mass is 9.99. The van der Waals surface area contributed by atoms with Gasteiger partial charge in [-0.2, -0.15) is 0 Å². The quantitative estimate of drug-likeness (QED) is 0.208. The molecule has 3 aromatic heterocycles. The Hall–Kier alpha value is -5.82. The van der Waals surface area contributed by atoms with Crippen LogP contribution in [0.25, 0.3) is 60.5 Å². The Morgan fingerprint density at radius 1 is 0.533 bits per heavy atom. The molecule has 0 unspecified atom stereocenters. The lowest BCUT2D eigenvalue weighted by molar-refractivity contribution is 0.347. The number of nitrogens with zero attached hydrogens (tertiary/aromatic N) is 5. The maximum Gasteiger partial charge on any atom is 0.235 e. The monoisotopic (exact) mass is 585 g/mol. The zero-order valence-electron chi connectivity index (χ0n) is 24.4. The number of hydrogen-bond donors (Lipinski definition) is 0. The number of benzene rings is 4. The van der Waals surface area contributed by atoms with Crippen LogP contribution in [-0.2, 0) is 9.47 Å². The van der Waals surface area contributed by atoms with Gasteiger partial charge in [0.25, 0.3) is 0 Å². The van der Waals surface area contributed by atoms with Gasteiger partial charge >= 0.3 is 0 Å². The van der Waals surface area contributed by atoms with Gasteiger partial charge in [-0.1, -0.05) is 66.7 Å². The van der Waals surface area contributed by atoms with Gasteiger partial charge in [-0.3, -0.25) is 9.97 Å². The average Bonchev–Trinajstić information content (AvgIpc) is 3.90. The van der Waals surface area contributed by atoms with E-state index in [0.29, 0.717) is 38.1 Å². The molecule has 4 aromatic carbocycles. The molecule has 0 radical (unpaired) electrons. The fourth-order valence-electron chi connectivity index (χ4n) is 6.40. The van der Waals surface area contributed by atoms with Crippen LogP contribution in [0.4, 0.5) is 0 Å². The first-order valence-electron chi connectivity index (χ1n) is 15.1. The normalized spacial score (nSPS) is 14.5. The standard InChI is InChI=1S/C38H27N5O2/c1-2-4-29(5-3-1)43-35-21-25(28-10-15-34(42-23-28)38-40-17-19-45-38)7-12-31(35)32-13-8-26-20-24(6-11-30(26)36(32)43)27-9-14-33(41-22-27)37-39-16-18-44-37/h1-15,20-23H,16-19H2. The van der Waals surface area contributed by atoms with Gasteiger partial charge in [0.05, 0.1) is 24.1 Å². The Kier molecular flexibility index (Phi) is 5.94. The first-order chi connectivity index (χ1) is 22.3. The van der Waals surface area contributed by atoms with Crippen LogP contribution in [0, 0.1) is 0 Å². The molecule has 7 heteroatoms. The number of aliphatic imine (C=N–C) groups is 2. The molecular weight excluding hydrogens is 558 g/mol. The highest BCUT2D eigenvalue weighted by molar-refractivity contribution is 6.19. The van der Waals surface area contributed by atoms with E-state index in [2.05, 4.69) is 116 Å². The maximum atomic E-state index is 5.60. The lowest BCUT2D eigenvalue weighted by Crippen LogP contribution is -2.03. The molecule has 0 N–H and O–H groups in total. The van der Waals surface area contributed by atoms with Crippen LogP contribution in [0.1, 0.15) is 11.4 Å². The molecule has 9 rings (SSSR count). The summed E-state index contributed by atoms with van der Waals surface area (Å²) in [5, 5.41) is 4.79. The number of rotatable bonds is 5. The molecule has 0 amide bonds. The van der Waals surface area contributed by atoms with Crippen molar-refractivity contribution in [3.8, 4) is 27.9 Å². The van der Waals surface area contributed by atoms with E-state index in [-0.39, 0.29) is 0 Å². The topological polar surface area (TPSA) is 73.9 Å². The van der Waals surface area contributed by atoms with Crippen molar-refractivity contribution in [3.63, 3.8) is 0 Å². The summed E-state index contributed by atoms with van der Waals surface area (Å²) in [6.45, 7) is 2.61. The Labute approximate surface area is 259 Å². The van der Waals surface area contributed by atoms with Crippen molar-refractivity contribution < 1.29 is 9.47 Å². The number of ether oxygens (including phenoxy) is 2. The highest BCUT2D eigenvalue weighted by Crippen LogP contribution is 2.39. The molecular formula is C38H27N5O2. The van der Waals surface area contributed by atoms with Crippen molar-refractivity contribution in [2.45, 2.75) is 0 Å². The summed E-state index contributed by atoms with van der Waals surface area (Å²) in [6, 6.07) is 36.6. The van der Waals surface area contributed by atoms with Gasteiger partial charge in [-0.25, -0.2) is 9.98 Å². The van der Waals surface area contributed by atoms with E-state index in [9.17, 15) is 0 Å². The molecule has 0 saturated heterocycles. The molecule has 0 fully saturated rings. The van der Waals surface area contributed by atoms with Gasteiger partial charge in [0.15, 0.2) is 0 Å². The third-order valence-electron chi connectivity index (χ3n) is 8.56. The summed E-state index contributed by atoms with van der Waals surface area (Å²) in [5.74, 6) is 1.25. The van der Waals surface area contributed by atoms with Crippen LogP contribution in [0.3, 0.4) is 0 Å². The minimum absolute atomic E-state index is 0.617. The van der Waals surface area contributed by atoms with Crippen LogP contribution in [0.15, 0.2) is 126 Å². The Morgan fingerprint density at radius 3 is 1.73 bits per heavy atom. The van der Waals surface area contributed by atoms with Crippen molar-refractivity contribution in [1.29, 1.82) is 0 Å². The molecule has 7 nitrogen and oxygen atoms in total. The zero-order valence-corrected chi connectivity index (χ0v) is 24.4. The van der Waals surface area contributed by atoms with Crippen LogP contribution < -0.4 is 0 Å². The largest absolute Gasteiger partial charge is 0.474 e. The van der Waals surface area contributed by atoms with Gasteiger partial charge in [0.1, 0.15) is 24.6 Å². The molecule has 216 valence electrons. The highest BCUT2D eigenvalue weighted by Gasteiger charge is 2.18. The number of para-hydroxylation sites is 1. The number of hydrogen-bond acceptors (Lipinski definition) is 6. The van der Waals surface area contributed by atoms with Gasteiger partial charge < -0.3 is 14.0 Å². The molecule has 0 saturated carbocycles. The predicted molar refractivity (Wildman–Crippen MR) is 179 cm³/mol. The first kappa shape index (κ1) is 25.7. The summed E-state index contributed by atoms with van der Waals surface area (Å²) in [6.07, 6.45) is 3.81. The summed E-state index contributed by atoms with van der Waals surface area (Å²) < 4.78 is 13.6. The van der Waals surface area contributed by atoms with E-state index in [4.69, 9.17) is 9.47 Å². The highest BCUT2D eigenvalue weighted by atomic mass is 16.5. The van der Waals surface area contributed by atoms with E-state index in [1.54, 1.807) is 0 Å². The molecule has 0 bridgehead atoms. The van der Waals surface area contributed by atoms with E-state index in [1.165, 1.54) is 27.1 Å². The number of pyridine rings is 2. The summed E-state index contributed by atoms with van der Waals surface area (Å²) in [7, 11) is 0. The lowest BCUT2D eigenvalue weighted by Gasteiger charge is -2.11. The van der Waals surface area contributed by atoms with Gasteiger partial charge in [-0.05, 0) is 52.9 Å². The summed E-state index contributed by atoms with van der Waals surface area (Å²) >= 11 is 0. The molecule has 0 aliphatic carbocycles. The smallest absolute Gasteiger partial charge is 0.235 e. The molecule has 7 aromatic rings. The Bertz CT molecular complexity index is 2300. The van der Waals surface area contributed by atoms with Crippen LogP contribution >= 0.6 is 0 Å². The number of fused-ring (bicyclic) bond motifs is 5. The molecule has 2 aliphatic rings. The number of aromatic nitrogens is 3. The zero-order chi connectivity index (χ0) is 29.7. The second kappa shape index (κ2) is 10.4. The minimum Gasteiger partial charge on any atom is -0.474 e. The van der Waals surface area contributed by atoms with Crippen LogP contribution in [0.5, 0.6) is 0 Å². The van der Waals surface area contributed by atoms with Crippen molar-refractivity contribution in [2.24, 2.45) is 9.98 Å². The molecule has 2 aliphatic heterocycles. The minimum atomic E-state index is 0.617. The van der Waals surface area contributed by atoms with Crippen molar-refractivity contribution in [2.75, 3.05) is 26.3 Å². The summed E-state index contributed by atoms with van der Waals surface area (Å²) in [4.78, 5) is 18.1. The van der Waals surface area contributed by atoms with Gasteiger partial charge in [-0.15, -0.1) is 0 Å². The Balaban J connectivity index is 1.18. The van der Waals surface area contributed by atoms with E-state index < -0.39 is 0 Å². The van der Waals surface area contributed by atoms with E-state index >= 15 is 0 Å². The van der Waals surface area contributed by atoms with E-state index in [0.717, 1.165) is 44.8 Å². The second-order valence-corrected chi connectivity index (χ2v) is 11.2. The average molecular weight is 586 g/mol. The second-order valence-electron chi connectivity index (χ2n) is 11.2. The van der Waals surface area contributed by atoms with Crippen molar-refractivity contribution in [3.05, 3.63) is 127 Å². The van der Waals surface area contributed by atoms with Crippen molar-refractivity contribution in [1.82, 2.24) is 14.5 Å². The fourth-order valence-corrected chi connectivity index (χ4v) is 6.40. The van der Waals surface area contributed by atoms with Crippen LogP contribution in [0.2, 0.25) is 0 Å². The maximum absolute atomic E-state index is 5.60. The fraction of sp³-hybridized carbons (Fsp3) is 0.105.